The summed E-state index contributed by atoms with van der Waals surface area (Å²) in [6.07, 6.45) is 0.187. The van der Waals surface area contributed by atoms with Gasteiger partial charge in [0.2, 0.25) is 5.88 Å². The first-order valence-corrected chi connectivity index (χ1v) is 10.9. The van der Waals surface area contributed by atoms with E-state index < -0.39 is 30.1 Å². The maximum atomic E-state index is 14.2. The van der Waals surface area contributed by atoms with Crippen LogP contribution < -0.4 is 10.1 Å². The number of amides is 1. The molecule has 1 saturated carbocycles. The zero-order valence-corrected chi connectivity index (χ0v) is 19.0. The number of rotatable bonds is 8. The fourth-order valence-corrected chi connectivity index (χ4v) is 3.80. The minimum Gasteiger partial charge on any atom is -0.481 e. The second kappa shape index (κ2) is 9.68. The van der Waals surface area contributed by atoms with Gasteiger partial charge in [0.15, 0.2) is 5.69 Å². The van der Waals surface area contributed by atoms with Crippen molar-refractivity contribution in [2.24, 2.45) is 11.8 Å². The molecule has 178 valence electrons. The van der Waals surface area contributed by atoms with Crippen molar-refractivity contribution in [3.63, 3.8) is 0 Å². The minimum absolute atomic E-state index is 0.0164. The Morgan fingerprint density at radius 2 is 2.03 bits per heavy atom. The number of benzene rings is 1. The molecule has 4 rings (SSSR count). The number of carbonyl (C=O) groups excluding carboxylic acids is 1. The molecular weight excluding hydrogens is 469 g/mol. The van der Waals surface area contributed by atoms with E-state index in [1.807, 2.05) is 0 Å². The molecule has 0 saturated heterocycles. The van der Waals surface area contributed by atoms with E-state index in [0.29, 0.717) is 28.5 Å². The second-order valence-electron chi connectivity index (χ2n) is 7.94. The molecule has 0 spiro atoms. The van der Waals surface area contributed by atoms with Crippen LogP contribution in [-0.2, 0) is 9.53 Å². The number of nitrogens with one attached hydrogen (secondary N) is 1. The minimum atomic E-state index is -1.10. The highest BCUT2D eigenvalue weighted by Crippen LogP contribution is 2.40. The topological polar surface area (TPSA) is 124 Å². The van der Waals surface area contributed by atoms with Crippen LogP contribution in [0.5, 0.6) is 5.88 Å². The summed E-state index contributed by atoms with van der Waals surface area (Å²) in [4.78, 5) is 27.6. The molecule has 0 aliphatic heterocycles. The Hall–Kier alpha value is -3.66. The van der Waals surface area contributed by atoms with Gasteiger partial charge in [0.25, 0.3) is 0 Å². The number of anilines is 1. The monoisotopic (exact) mass is 489 g/mol. The highest BCUT2D eigenvalue weighted by atomic mass is 35.5. The van der Waals surface area contributed by atoms with Crippen molar-refractivity contribution < 1.29 is 33.1 Å². The number of hydrogen-bond donors (Lipinski definition) is 2. The fraction of sp³-hybridized carbons (Fsp3) is 0.304. The van der Waals surface area contributed by atoms with Crippen LogP contribution in [0.2, 0.25) is 5.02 Å². The third-order valence-electron chi connectivity index (χ3n) is 5.60. The average Bonchev–Trinajstić information content (AvgIpc) is 3.48. The fourth-order valence-electron chi connectivity index (χ4n) is 3.52. The maximum absolute atomic E-state index is 14.2. The zero-order valence-electron chi connectivity index (χ0n) is 18.2. The number of pyridine rings is 1. The van der Waals surface area contributed by atoms with Gasteiger partial charge >= 0.3 is 18.1 Å². The standard InChI is InChI=1S/C23H21ClFN3O6/c1-11(22(29)30)15-9-17(15)33-18-8-7-13(10-26-18)19-20(21(25)34-28-19)27-23(31)32-12(2)14-5-3-4-6-16(14)24/h3-8,10-12,15,17H,9H2,1-2H3,(H,27,31)(H,29,30). The number of aliphatic carboxylic acids is 1. The Morgan fingerprint density at radius 3 is 2.71 bits per heavy atom. The number of nitrogens with zero attached hydrogens (tertiary/aromatic N) is 2. The lowest BCUT2D eigenvalue weighted by Crippen LogP contribution is -2.17. The number of aromatic nitrogens is 2. The van der Waals surface area contributed by atoms with Crippen molar-refractivity contribution in [3.8, 4) is 17.1 Å². The summed E-state index contributed by atoms with van der Waals surface area (Å²) < 4.78 is 29.8. The van der Waals surface area contributed by atoms with E-state index in [1.54, 1.807) is 50.2 Å². The Morgan fingerprint density at radius 1 is 1.26 bits per heavy atom. The van der Waals surface area contributed by atoms with Crippen molar-refractivity contribution in [2.75, 3.05) is 5.32 Å². The lowest BCUT2D eigenvalue weighted by atomic mass is 10.1. The smallest absolute Gasteiger partial charge is 0.412 e. The first kappa shape index (κ1) is 23.5. The van der Waals surface area contributed by atoms with Crippen molar-refractivity contribution >= 4 is 29.4 Å². The van der Waals surface area contributed by atoms with Gasteiger partial charge in [0, 0.05) is 34.3 Å². The van der Waals surface area contributed by atoms with Gasteiger partial charge in [-0.3, -0.25) is 10.1 Å². The molecule has 1 aromatic carbocycles. The molecule has 0 radical (unpaired) electrons. The van der Waals surface area contributed by atoms with Crippen LogP contribution >= 0.6 is 11.6 Å². The molecule has 2 N–H and O–H groups in total. The molecular formula is C23H21ClFN3O6. The van der Waals surface area contributed by atoms with Crippen molar-refractivity contribution in [2.45, 2.75) is 32.5 Å². The first-order valence-electron chi connectivity index (χ1n) is 10.5. The molecule has 1 aliphatic carbocycles. The maximum Gasteiger partial charge on any atom is 0.412 e. The normalized spacial score (nSPS) is 18.6. The Labute approximate surface area is 198 Å². The SMILES string of the molecule is CC(OC(=O)Nc1c(-c2ccc(OC3CC3C(C)C(=O)O)nc2)noc1F)c1ccccc1Cl. The predicted octanol–water partition coefficient (Wildman–Crippen LogP) is 5.33. The van der Waals surface area contributed by atoms with E-state index in [1.165, 1.54) is 6.20 Å². The molecule has 4 unspecified atom stereocenters. The second-order valence-corrected chi connectivity index (χ2v) is 8.35. The van der Waals surface area contributed by atoms with Gasteiger partial charge in [0.05, 0.1) is 5.92 Å². The van der Waals surface area contributed by atoms with Gasteiger partial charge < -0.3 is 19.1 Å². The predicted molar refractivity (Wildman–Crippen MR) is 119 cm³/mol. The van der Waals surface area contributed by atoms with Gasteiger partial charge in [0.1, 0.15) is 17.9 Å². The first-order chi connectivity index (χ1) is 16.2. The Kier molecular flexibility index (Phi) is 6.69. The number of carboxylic acids is 1. The zero-order chi connectivity index (χ0) is 24.4. The molecule has 2 aromatic heterocycles. The molecule has 2 heterocycles. The molecule has 9 nitrogen and oxygen atoms in total. The van der Waals surface area contributed by atoms with Crippen LogP contribution in [0.3, 0.4) is 0 Å². The molecule has 0 bridgehead atoms. The highest BCUT2D eigenvalue weighted by Gasteiger charge is 2.46. The van der Waals surface area contributed by atoms with Gasteiger partial charge in [-0.05, 0) is 25.5 Å². The summed E-state index contributed by atoms with van der Waals surface area (Å²) in [6.45, 7) is 3.27. The largest absolute Gasteiger partial charge is 0.481 e. The summed E-state index contributed by atoms with van der Waals surface area (Å²) in [5.41, 5.74) is 0.675. The Bertz CT molecular complexity index is 1200. The molecule has 1 fully saturated rings. The number of carbonyl (C=O) groups is 2. The molecule has 1 aliphatic rings. The lowest BCUT2D eigenvalue weighted by molar-refractivity contribution is -0.142. The quantitative estimate of drug-likeness (QED) is 0.435. The van der Waals surface area contributed by atoms with Crippen LogP contribution in [0.4, 0.5) is 14.9 Å². The highest BCUT2D eigenvalue weighted by molar-refractivity contribution is 6.31. The molecule has 34 heavy (non-hydrogen) atoms. The number of halogens is 2. The summed E-state index contributed by atoms with van der Waals surface area (Å²) in [6, 6.07) is 8.91. The third kappa shape index (κ3) is 5.12. The van der Waals surface area contributed by atoms with Crippen molar-refractivity contribution in [3.05, 3.63) is 59.2 Å². The van der Waals surface area contributed by atoms with Crippen LogP contribution in [0.15, 0.2) is 47.1 Å². The van der Waals surface area contributed by atoms with E-state index in [2.05, 4.69) is 20.0 Å². The molecule has 3 aromatic rings. The third-order valence-corrected chi connectivity index (χ3v) is 5.94. The van der Waals surface area contributed by atoms with E-state index in [-0.39, 0.29) is 23.4 Å². The summed E-state index contributed by atoms with van der Waals surface area (Å²) in [7, 11) is 0. The number of hydrogen-bond acceptors (Lipinski definition) is 7. The van der Waals surface area contributed by atoms with E-state index in [0.717, 1.165) is 0 Å². The van der Waals surface area contributed by atoms with Gasteiger partial charge in [-0.1, -0.05) is 41.9 Å². The van der Waals surface area contributed by atoms with Crippen LogP contribution in [-0.4, -0.2) is 33.4 Å². The molecule has 11 heteroatoms. The van der Waals surface area contributed by atoms with Crippen LogP contribution in [0.25, 0.3) is 11.3 Å². The van der Waals surface area contributed by atoms with E-state index >= 15 is 0 Å². The van der Waals surface area contributed by atoms with Crippen LogP contribution in [0, 0.1) is 17.8 Å². The van der Waals surface area contributed by atoms with Gasteiger partial charge in [-0.2, -0.15) is 4.39 Å². The van der Waals surface area contributed by atoms with Crippen molar-refractivity contribution in [1.82, 2.24) is 10.1 Å². The molecule has 4 atom stereocenters. The average molecular weight is 490 g/mol. The van der Waals surface area contributed by atoms with Gasteiger partial charge in [-0.25, -0.2) is 9.78 Å². The number of ether oxygens (including phenoxy) is 2. The number of carboxylic acid groups (broad SMARTS) is 1. The van der Waals surface area contributed by atoms with Gasteiger partial charge in [-0.15, -0.1) is 0 Å². The van der Waals surface area contributed by atoms with E-state index in [9.17, 15) is 14.0 Å². The van der Waals surface area contributed by atoms with E-state index in [4.69, 9.17) is 26.2 Å². The lowest BCUT2D eigenvalue weighted by Gasteiger charge is -2.15. The Balaban J connectivity index is 1.41. The van der Waals surface area contributed by atoms with Crippen molar-refractivity contribution in [1.29, 1.82) is 0 Å². The summed E-state index contributed by atoms with van der Waals surface area (Å²) >= 11 is 6.12. The summed E-state index contributed by atoms with van der Waals surface area (Å²) in [5.74, 6) is -1.15. The summed E-state index contributed by atoms with van der Waals surface area (Å²) in [5, 5.41) is 15.5. The van der Waals surface area contributed by atoms with Crippen LogP contribution in [0.1, 0.15) is 31.9 Å². The molecule has 1 amide bonds.